The topological polar surface area (TPSA) is 108 Å². The normalized spacial score (nSPS) is 22.3. The van der Waals surface area contributed by atoms with Crippen molar-refractivity contribution >= 4 is 23.1 Å². The van der Waals surface area contributed by atoms with Gasteiger partial charge in [0.15, 0.2) is 5.78 Å². The summed E-state index contributed by atoms with van der Waals surface area (Å²) in [7, 11) is 1.39. The quantitative estimate of drug-likeness (QED) is 0.510. The summed E-state index contributed by atoms with van der Waals surface area (Å²) in [6.45, 7) is 0. The summed E-state index contributed by atoms with van der Waals surface area (Å²) in [5.74, 6) is -0.934. The van der Waals surface area contributed by atoms with Crippen LogP contribution in [0.15, 0.2) is 30.0 Å². The number of nitro groups is 1. The Hall–Kier alpha value is -2.90. The molecule has 1 aromatic rings. The number of rotatable bonds is 4. The minimum Gasteiger partial charge on any atom is -0.496 e. The number of ketones is 1. The fraction of sp³-hybridized carbons (Fsp3) is 0.412. The molecular formula is C17H18N2O6. The van der Waals surface area contributed by atoms with Gasteiger partial charge in [-0.1, -0.05) is 6.42 Å². The van der Waals surface area contributed by atoms with E-state index in [9.17, 15) is 19.7 Å². The average Bonchev–Trinajstić information content (AvgIpc) is 2.62. The summed E-state index contributed by atoms with van der Waals surface area (Å²) in [5.41, 5.74) is -0.137. The third-order valence-corrected chi connectivity index (χ3v) is 4.55. The molecule has 1 aliphatic carbocycles. The molecule has 0 saturated heterocycles. The lowest BCUT2D eigenvalue weighted by Crippen LogP contribution is -2.39. The van der Waals surface area contributed by atoms with Gasteiger partial charge in [-0.25, -0.2) is 0 Å². The van der Waals surface area contributed by atoms with E-state index in [-0.39, 0.29) is 40.5 Å². The lowest BCUT2D eigenvalue weighted by atomic mass is 9.80. The molecule has 132 valence electrons. The predicted molar refractivity (Wildman–Crippen MR) is 88.2 cm³/mol. The zero-order valence-electron chi connectivity index (χ0n) is 13.7. The number of Topliss-reactive ketones (excluding diaryl/α,β-unsaturated/α-hetero) is 1. The van der Waals surface area contributed by atoms with Crippen LogP contribution in [0.1, 0.15) is 25.7 Å². The van der Waals surface area contributed by atoms with E-state index in [1.165, 1.54) is 31.6 Å². The van der Waals surface area contributed by atoms with Crippen LogP contribution in [0.4, 0.5) is 11.4 Å². The summed E-state index contributed by atoms with van der Waals surface area (Å²) in [5, 5.41) is 13.4. The largest absolute Gasteiger partial charge is 0.496 e. The number of anilines is 1. The van der Waals surface area contributed by atoms with E-state index in [0.717, 1.165) is 19.3 Å². The first-order valence-electron chi connectivity index (χ1n) is 8.05. The van der Waals surface area contributed by atoms with Gasteiger partial charge in [0.2, 0.25) is 0 Å². The number of nitro benzene ring substituents is 1. The van der Waals surface area contributed by atoms with E-state index in [0.29, 0.717) is 6.42 Å². The number of carbonyl (C=O) groups excluding carboxylic acids is 2. The molecule has 0 spiro atoms. The molecule has 25 heavy (non-hydrogen) atoms. The number of nitrogens with zero attached hydrogens (tertiary/aromatic N) is 1. The lowest BCUT2D eigenvalue weighted by Gasteiger charge is -2.33. The van der Waals surface area contributed by atoms with E-state index in [1.54, 1.807) is 0 Å². The van der Waals surface area contributed by atoms with E-state index >= 15 is 0 Å². The predicted octanol–water partition coefficient (Wildman–Crippen LogP) is 2.58. The minimum atomic E-state index is -0.659. The fourth-order valence-electron chi connectivity index (χ4n) is 3.24. The van der Waals surface area contributed by atoms with Crippen LogP contribution >= 0.6 is 0 Å². The summed E-state index contributed by atoms with van der Waals surface area (Å²) >= 11 is 0. The Morgan fingerprint density at radius 1 is 1.36 bits per heavy atom. The molecule has 0 bridgehead atoms. The van der Waals surface area contributed by atoms with Crippen molar-refractivity contribution in [1.29, 1.82) is 0 Å². The summed E-state index contributed by atoms with van der Waals surface area (Å²) in [6.07, 6.45) is 4.49. The van der Waals surface area contributed by atoms with Gasteiger partial charge < -0.3 is 14.8 Å². The number of amides is 1. The first-order chi connectivity index (χ1) is 12.0. The first kappa shape index (κ1) is 16.9. The maximum absolute atomic E-state index is 12.6. The molecule has 0 aromatic heterocycles. The summed E-state index contributed by atoms with van der Waals surface area (Å²) < 4.78 is 10.7. The summed E-state index contributed by atoms with van der Waals surface area (Å²) in [4.78, 5) is 35.4. The zero-order chi connectivity index (χ0) is 18.0. The van der Waals surface area contributed by atoms with Crippen molar-refractivity contribution in [3.63, 3.8) is 0 Å². The molecule has 2 aliphatic rings. The fourth-order valence-corrected chi connectivity index (χ4v) is 3.24. The molecule has 1 saturated carbocycles. The third-order valence-electron chi connectivity index (χ3n) is 4.55. The number of fused-ring (bicyclic) bond motifs is 1. The number of benzene rings is 1. The highest BCUT2D eigenvalue weighted by Gasteiger charge is 2.39. The Labute approximate surface area is 143 Å². The number of hydrogen-bond donors (Lipinski definition) is 1. The van der Waals surface area contributed by atoms with Crippen molar-refractivity contribution in [2.45, 2.75) is 31.8 Å². The maximum atomic E-state index is 12.6. The van der Waals surface area contributed by atoms with Crippen LogP contribution in [-0.4, -0.2) is 29.8 Å². The Bertz CT molecular complexity index is 758. The van der Waals surface area contributed by atoms with Gasteiger partial charge in [-0.3, -0.25) is 19.7 Å². The molecule has 1 heterocycles. The molecule has 2 atom stereocenters. The van der Waals surface area contributed by atoms with Gasteiger partial charge in [0.05, 0.1) is 29.9 Å². The number of hydrogen-bond acceptors (Lipinski definition) is 6. The van der Waals surface area contributed by atoms with Gasteiger partial charge in [0.1, 0.15) is 17.4 Å². The Kier molecular flexibility index (Phi) is 4.69. The van der Waals surface area contributed by atoms with Crippen molar-refractivity contribution in [1.82, 2.24) is 0 Å². The standard InChI is InChI=1S/C17H18N2O6/c1-24-15-7-6-10(19(22)23)8-13(15)18-17(21)12-9-25-14-5-3-2-4-11(14)16(12)20/h6-9,11,14H,2-5H2,1H3,(H,18,21). The SMILES string of the molecule is COc1ccc([N+](=O)[O-])cc1NC(=O)C1=COC2CCCCC2C1=O. The van der Waals surface area contributed by atoms with Crippen molar-refractivity contribution < 1.29 is 24.0 Å². The van der Waals surface area contributed by atoms with Gasteiger partial charge in [0.25, 0.3) is 11.6 Å². The van der Waals surface area contributed by atoms with Gasteiger partial charge in [0, 0.05) is 12.1 Å². The van der Waals surface area contributed by atoms with Crippen LogP contribution in [0.3, 0.4) is 0 Å². The monoisotopic (exact) mass is 346 g/mol. The highest BCUT2D eigenvalue weighted by molar-refractivity contribution is 6.24. The molecule has 0 radical (unpaired) electrons. The number of nitrogens with one attached hydrogen (secondary N) is 1. The molecule has 1 aromatic carbocycles. The molecule has 3 rings (SSSR count). The molecule has 2 unspecified atom stereocenters. The Morgan fingerprint density at radius 3 is 2.84 bits per heavy atom. The zero-order valence-corrected chi connectivity index (χ0v) is 13.7. The lowest BCUT2D eigenvalue weighted by molar-refractivity contribution is -0.384. The van der Waals surface area contributed by atoms with E-state index < -0.39 is 10.8 Å². The molecule has 1 amide bonds. The second-order valence-electron chi connectivity index (χ2n) is 6.06. The van der Waals surface area contributed by atoms with Crippen LogP contribution in [-0.2, 0) is 14.3 Å². The second-order valence-corrected chi connectivity index (χ2v) is 6.06. The van der Waals surface area contributed by atoms with Gasteiger partial charge in [-0.2, -0.15) is 0 Å². The van der Waals surface area contributed by atoms with Crippen LogP contribution in [0.2, 0.25) is 0 Å². The van der Waals surface area contributed by atoms with E-state index in [4.69, 9.17) is 9.47 Å². The summed E-state index contributed by atoms with van der Waals surface area (Å²) in [6, 6.07) is 3.85. The van der Waals surface area contributed by atoms with Gasteiger partial charge >= 0.3 is 0 Å². The van der Waals surface area contributed by atoms with Crippen molar-refractivity contribution in [2.24, 2.45) is 5.92 Å². The van der Waals surface area contributed by atoms with E-state index in [2.05, 4.69) is 5.32 Å². The molecular weight excluding hydrogens is 328 g/mol. The van der Waals surface area contributed by atoms with Crippen molar-refractivity contribution in [3.8, 4) is 5.75 Å². The molecule has 8 nitrogen and oxygen atoms in total. The third kappa shape index (κ3) is 3.33. The highest BCUT2D eigenvalue weighted by atomic mass is 16.6. The molecule has 1 fully saturated rings. The Morgan fingerprint density at radius 2 is 2.12 bits per heavy atom. The van der Waals surface area contributed by atoms with Crippen LogP contribution in [0, 0.1) is 16.0 Å². The number of non-ortho nitro benzene ring substituents is 1. The smallest absolute Gasteiger partial charge is 0.271 e. The van der Waals surface area contributed by atoms with Crippen LogP contribution in [0.5, 0.6) is 5.75 Å². The van der Waals surface area contributed by atoms with E-state index in [1.807, 2.05) is 0 Å². The van der Waals surface area contributed by atoms with Gasteiger partial charge in [-0.05, 0) is 25.3 Å². The van der Waals surface area contributed by atoms with Crippen molar-refractivity contribution in [3.05, 3.63) is 40.1 Å². The second kappa shape index (κ2) is 6.92. The number of methoxy groups -OCH3 is 1. The number of ether oxygens (including phenoxy) is 2. The van der Waals surface area contributed by atoms with Gasteiger partial charge in [-0.15, -0.1) is 0 Å². The minimum absolute atomic E-state index is 0.0725. The first-order valence-corrected chi connectivity index (χ1v) is 8.05. The molecule has 1 aliphatic heterocycles. The Balaban J connectivity index is 1.82. The molecule has 1 N–H and O–H groups in total. The average molecular weight is 346 g/mol. The van der Waals surface area contributed by atoms with Crippen LogP contribution in [0.25, 0.3) is 0 Å². The maximum Gasteiger partial charge on any atom is 0.271 e. The molecule has 8 heteroatoms. The highest BCUT2D eigenvalue weighted by Crippen LogP contribution is 2.34. The van der Waals surface area contributed by atoms with Crippen molar-refractivity contribution in [2.75, 3.05) is 12.4 Å². The van der Waals surface area contributed by atoms with Crippen LogP contribution < -0.4 is 10.1 Å². The number of carbonyl (C=O) groups is 2.